The van der Waals surface area contributed by atoms with Gasteiger partial charge in [-0.15, -0.1) is 5.10 Å². The lowest BCUT2D eigenvalue weighted by Crippen LogP contribution is -2.05. The first-order valence-electron chi connectivity index (χ1n) is 6.07. The normalized spacial score (nSPS) is 10.6. The Balaban J connectivity index is 1.84. The number of anilines is 1. The molecule has 3 rings (SSSR count). The van der Waals surface area contributed by atoms with E-state index >= 15 is 0 Å². The maximum Gasteiger partial charge on any atom is 0.125 e. The van der Waals surface area contributed by atoms with Gasteiger partial charge in [0.2, 0.25) is 0 Å². The number of nitrogens with zero attached hydrogens (tertiary/aromatic N) is 3. The fourth-order valence-electron chi connectivity index (χ4n) is 1.92. The molecule has 0 atom stereocenters. The first-order chi connectivity index (χ1) is 9.34. The van der Waals surface area contributed by atoms with Crippen molar-refractivity contribution in [3.63, 3.8) is 0 Å². The number of aromatic nitrogens is 3. The highest BCUT2D eigenvalue weighted by molar-refractivity contribution is 5.60. The summed E-state index contributed by atoms with van der Waals surface area (Å²) >= 11 is 0. The Morgan fingerprint density at radius 1 is 1.26 bits per heavy atom. The summed E-state index contributed by atoms with van der Waals surface area (Å²) in [6, 6.07) is 9.92. The first-order valence-corrected chi connectivity index (χ1v) is 6.07. The number of benzene rings is 1. The molecule has 0 amide bonds. The molecule has 5 nitrogen and oxygen atoms in total. The zero-order valence-electron chi connectivity index (χ0n) is 10.6. The van der Waals surface area contributed by atoms with Crippen molar-refractivity contribution in [2.75, 3.05) is 5.32 Å². The van der Waals surface area contributed by atoms with Crippen LogP contribution in [0.15, 0.2) is 53.4 Å². The van der Waals surface area contributed by atoms with Crippen LogP contribution in [0.4, 0.5) is 5.69 Å². The second-order valence-corrected chi connectivity index (χ2v) is 4.25. The molecule has 1 N–H and O–H groups in total. The molecule has 0 aliphatic heterocycles. The summed E-state index contributed by atoms with van der Waals surface area (Å²) in [5.41, 5.74) is 3.10. The summed E-state index contributed by atoms with van der Waals surface area (Å²) in [7, 11) is 0. The molecule has 96 valence electrons. The SMILES string of the molecule is Cc1ccoc1CNc1ccccc1-n1ccnn1. The third kappa shape index (κ3) is 2.35. The predicted octanol–water partition coefficient (Wildman–Crippen LogP) is 2.78. The highest BCUT2D eigenvalue weighted by atomic mass is 16.3. The molecule has 2 heterocycles. The van der Waals surface area contributed by atoms with Gasteiger partial charge in [-0.3, -0.25) is 0 Å². The molecule has 0 radical (unpaired) electrons. The van der Waals surface area contributed by atoms with Crippen LogP contribution in [0, 0.1) is 6.92 Å². The number of rotatable bonds is 4. The standard InChI is InChI=1S/C14H14N4O/c1-11-6-9-19-14(11)10-15-12-4-2-3-5-13(12)18-8-7-16-17-18/h2-9,15H,10H2,1H3. The van der Waals surface area contributed by atoms with Gasteiger partial charge >= 0.3 is 0 Å². The number of para-hydroxylation sites is 2. The Labute approximate surface area is 110 Å². The molecular weight excluding hydrogens is 240 g/mol. The van der Waals surface area contributed by atoms with Gasteiger partial charge < -0.3 is 9.73 Å². The molecule has 2 aromatic heterocycles. The molecule has 0 saturated carbocycles. The van der Waals surface area contributed by atoms with Crippen LogP contribution in [-0.2, 0) is 6.54 Å². The van der Waals surface area contributed by atoms with Gasteiger partial charge in [0.25, 0.3) is 0 Å². The van der Waals surface area contributed by atoms with E-state index in [2.05, 4.69) is 15.6 Å². The van der Waals surface area contributed by atoms with Gasteiger partial charge in [0.15, 0.2) is 0 Å². The van der Waals surface area contributed by atoms with Crippen LogP contribution >= 0.6 is 0 Å². The molecule has 0 saturated heterocycles. The molecule has 0 spiro atoms. The van der Waals surface area contributed by atoms with Gasteiger partial charge in [-0.05, 0) is 30.7 Å². The number of furan rings is 1. The summed E-state index contributed by atoms with van der Waals surface area (Å²) < 4.78 is 7.15. The minimum atomic E-state index is 0.643. The van der Waals surface area contributed by atoms with Crippen molar-refractivity contribution in [2.45, 2.75) is 13.5 Å². The highest BCUT2D eigenvalue weighted by Crippen LogP contribution is 2.20. The van der Waals surface area contributed by atoms with Crippen molar-refractivity contribution >= 4 is 5.69 Å². The Morgan fingerprint density at radius 2 is 2.16 bits per heavy atom. The second kappa shape index (κ2) is 4.97. The van der Waals surface area contributed by atoms with E-state index in [1.807, 2.05) is 43.5 Å². The van der Waals surface area contributed by atoms with Crippen LogP contribution in [0.1, 0.15) is 11.3 Å². The average molecular weight is 254 g/mol. The number of nitrogens with one attached hydrogen (secondary N) is 1. The monoisotopic (exact) mass is 254 g/mol. The van der Waals surface area contributed by atoms with E-state index in [0.29, 0.717) is 6.54 Å². The lowest BCUT2D eigenvalue weighted by Gasteiger charge is -2.10. The summed E-state index contributed by atoms with van der Waals surface area (Å²) in [5.74, 6) is 0.938. The smallest absolute Gasteiger partial charge is 0.125 e. The van der Waals surface area contributed by atoms with Crippen LogP contribution in [0.25, 0.3) is 5.69 Å². The first kappa shape index (κ1) is 11.5. The molecule has 0 bridgehead atoms. The van der Waals surface area contributed by atoms with E-state index in [9.17, 15) is 0 Å². The predicted molar refractivity (Wildman–Crippen MR) is 72.1 cm³/mol. The summed E-state index contributed by atoms with van der Waals surface area (Å²) in [6.07, 6.45) is 5.18. The minimum absolute atomic E-state index is 0.643. The van der Waals surface area contributed by atoms with Crippen LogP contribution in [-0.4, -0.2) is 15.0 Å². The lowest BCUT2D eigenvalue weighted by molar-refractivity contribution is 0.515. The fraction of sp³-hybridized carbons (Fsp3) is 0.143. The zero-order valence-corrected chi connectivity index (χ0v) is 10.6. The summed E-state index contributed by atoms with van der Waals surface area (Å²) in [6.45, 7) is 2.67. The summed E-state index contributed by atoms with van der Waals surface area (Å²) in [5, 5.41) is 11.2. The van der Waals surface area contributed by atoms with Crippen molar-refractivity contribution in [3.8, 4) is 5.69 Å². The van der Waals surface area contributed by atoms with E-state index in [0.717, 1.165) is 22.7 Å². The topological polar surface area (TPSA) is 55.9 Å². The van der Waals surface area contributed by atoms with Crippen LogP contribution in [0.5, 0.6) is 0 Å². The van der Waals surface area contributed by atoms with Crippen molar-refractivity contribution in [3.05, 3.63) is 60.3 Å². The van der Waals surface area contributed by atoms with E-state index in [4.69, 9.17) is 4.42 Å². The highest BCUT2D eigenvalue weighted by Gasteiger charge is 2.06. The molecule has 19 heavy (non-hydrogen) atoms. The second-order valence-electron chi connectivity index (χ2n) is 4.25. The van der Waals surface area contributed by atoms with Crippen LogP contribution in [0.3, 0.4) is 0 Å². The van der Waals surface area contributed by atoms with Gasteiger partial charge in [0.1, 0.15) is 5.76 Å². The Morgan fingerprint density at radius 3 is 2.89 bits per heavy atom. The van der Waals surface area contributed by atoms with Crippen molar-refractivity contribution < 1.29 is 4.42 Å². The Hall–Kier alpha value is -2.56. The molecule has 0 fully saturated rings. The van der Waals surface area contributed by atoms with E-state index in [1.54, 1.807) is 17.1 Å². The van der Waals surface area contributed by atoms with Crippen molar-refractivity contribution in [2.24, 2.45) is 0 Å². The number of aryl methyl sites for hydroxylation is 1. The number of hydrogen-bond donors (Lipinski definition) is 1. The van der Waals surface area contributed by atoms with Crippen molar-refractivity contribution in [1.82, 2.24) is 15.0 Å². The Kier molecular flexibility index (Phi) is 3.02. The average Bonchev–Trinajstić information content (AvgIpc) is 3.08. The molecule has 5 heteroatoms. The van der Waals surface area contributed by atoms with Gasteiger partial charge in [-0.1, -0.05) is 17.3 Å². The van der Waals surface area contributed by atoms with Gasteiger partial charge in [-0.2, -0.15) is 0 Å². The fourth-order valence-corrected chi connectivity index (χ4v) is 1.92. The number of hydrogen-bond acceptors (Lipinski definition) is 4. The summed E-state index contributed by atoms with van der Waals surface area (Å²) in [4.78, 5) is 0. The zero-order chi connectivity index (χ0) is 13.1. The van der Waals surface area contributed by atoms with Gasteiger partial charge in [0.05, 0.1) is 36.6 Å². The van der Waals surface area contributed by atoms with Crippen molar-refractivity contribution in [1.29, 1.82) is 0 Å². The third-order valence-electron chi connectivity index (χ3n) is 2.98. The van der Waals surface area contributed by atoms with Gasteiger partial charge in [0, 0.05) is 0 Å². The van der Waals surface area contributed by atoms with E-state index in [-0.39, 0.29) is 0 Å². The van der Waals surface area contributed by atoms with Gasteiger partial charge in [-0.25, -0.2) is 4.68 Å². The molecule has 0 aliphatic carbocycles. The lowest BCUT2D eigenvalue weighted by atomic mass is 10.2. The quantitative estimate of drug-likeness (QED) is 0.777. The maximum atomic E-state index is 5.42. The van der Waals surface area contributed by atoms with Crippen LogP contribution < -0.4 is 5.32 Å². The molecule has 0 aliphatic rings. The molecular formula is C14H14N4O. The maximum absolute atomic E-state index is 5.42. The van der Waals surface area contributed by atoms with E-state index in [1.165, 1.54) is 0 Å². The largest absolute Gasteiger partial charge is 0.467 e. The van der Waals surface area contributed by atoms with Crippen LogP contribution in [0.2, 0.25) is 0 Å². The minimum Gasteiger partial charge on any atom is -0.467 e. The van der Waals surface area contributed by atoms with E-state index < -0.39 is 0 Å². The molecule has 3 aromatic rings. The molecule has 1 aromatic carbocycles. The molecule has 0 unspecified atom stereocenters. The third-order valence-corrected chi connectivity index (χ3v) is 2.98. The Bertz CT molecular complexity index is 658.